The van der Waals surface area contributed by atoms with Crippen LogP contribution in [-0.4, -0.2) is 34.9 Å². The minimum Gasteiger partial charge on any atom is -0.390 e. The van der Waals surface area contributed by atoms with Crippen molar-refractivity contribution in [3.8, 4) is 0 Å². The van der Waals surface area contributed by atoms with Crippen LogP contribution in [0, 0.1) is 0 Å². The van der Waals surface area contributed by atoms with Crippen molar-refractivity contribution in [1.82, 2.24) is 5.32 Å². The number of aliphatic hydroxyl groups is 2. The molecule has 0 aromatic carbocycles. The van der Waals surface area contributed by atoms with Gasteiger partial charge in [-0.2, -0.15) is 0 Å². The van der Waals surface area contributed by atoms with Crippen LogP contribution < -0.4 is 5.32 Å². The van der Waals surface area contributed by atoms with Crippen molar-refractivity contribution in [3.63, 3.8) is 0 Å². The zero-order valence-electron chi connectivity index (χ0n) is 20.3. The first-order chi connectivity index (χ1) is 14.6. The normalized spacial score (nSPS) is 13.3. The summed E-state index contributed by atoms with van der Waals surface area (Å²) in [6.07, 6.45) is 20.9. The van der Waals surface area contributed by atoms with Crippen molar-refractivity contribution >= 4 is 5.91 Å². The Labute approximate surface area is 187 Å². The van der Waals surface area contributed by atoms with Crippen LogP contribution in [0.1, 0.15) is 142 Å². The van der Waals surface area contributed by atoms with E-state index in [4.69, 9.17) is 0 Å². The molecule has 0 saturated carbocycles. The Bertz CT molecular complexity index is 362. The summed E-state index contributed by atoms with van der Waals surface area (Å²) < 4.78 is 0. The molecule has 0 fully saturated rings. The van der Waals surface area contributed by atoms with Crippen LogP contribution >= 0.6 is 0 Å². The number of hydrogen-bond donors (Lipinski definition) is 3. The van der Waals surface area contributed by atoms with Gasteiger partial charge in [0.15, 0.2) is 0 Å². The Morgan fingerprint density at radius 2 is 1.00 bits per heavy atom. The summed E-state index contributed by atoms with van der Waals surface area (Å²) in [5.74, 6) is 0.191. The summed E-state index contributed by atoms with van der Waals surface area (Å²) in [6, 6.07) is 0. The molecule has 0 aromatic rings. The second-order valence-electron chi connectivity index (χ2n) is 9.12. The van der Waals surface area contributed by atoms with Crippen molar-refractivity contribution in [3.05, 3.63) is 0 Å². The van der Waals surface area contributed by atoms with E-state index in [0.717, 1.165) is 64.3 Å². The molecule has 0 heterocycles. The molecule has 0 radical (unpaired) electrons. The molecule has 0 spiro atoms. The standard InChI is InChI=1S/C26H53NO3/c1-3-5-7-9-12-16-20-24(28)25(29)21-17-13-11-14-18-22-26(30)27-23-19-15-10-8-6-4-2/h24-25,28-29H,3-23H2,1-2H3,(H,27,30). The summed E-state index contributed by atoms with van der Waals surface area (Å²) in [4.78, 5) is 11.8. The summed E-state index contributed by atoms with van der Waals surface area (Å²) in [7, 11) is 0. The summed E-state index contributed by atoms with van der Waals surface area (Å²) in [5, 5.41) is 23.2. The van der Waals surface area contributed by atoms with Crippen LogP contribution in [0.3, 0.4) is 0 Å². The maximum Gasteiger partial charge on any atom is 0.219 e. The van der Waals surface area contributed by atoms with Gasteiger partial charge in [-0.1, -0.05) is 110 Å². The fraction of sp³-hybridized carbons (Fsp3) is 0.962. The van der Waals surface area contributed by atoms with Crippen LogP contribution in [0.25, 0.3) is 0 Å². The number of carbonyl (C=O) groups excluding carboxylic acids is 1. The molecule has 0 aliphatic heterocycles. The number of rotatable bonds is 23. The number of unbranched alkanes of at least 4 members (excludes halogenated alkanes) is 14. The summed E-state index contributed by atoms with van der Waals surface area (Å²) >= 11 is 0. The molecule has 2 unspecified atom stereocenters. The summed E-state index contributed by atoms with van der Waals surface area (Å²) in [6.45, 7) is 5.27. The highest BCUT2D eigenvalue weighted by molar-refractivity contribution is 5.75. The molecule has 30 heavy (non-hydrogen) atoms. The van der Waals surface area contributed by atoms with Crippen LogP contribution in [-0.2, 0) is 4.79 Å². The van der Waals surface area contributed by atoms with E-state index in [2.05, 4.69) is 19.2 Å². The number of aliphatic hydroxyl groups excluding tert-OH is 2. The molecule has 4 heteroatoms. The molecule has 0 aliphatic rings. The zero-order valence-corrected chi connectivity index (χ0v) is 20.3. The average molecular weight is 428 g/mol. The topological polar surface area (TPSA) is 69.6 Å². The number of carbonyl (C=O) groups is 1. The molecule has 180 valence electrons. The second kappa shape index (κ2) is 23.1. The van der Waals surface area contributed by atoms with Gasteiger partial charge in [-0.15, -0.1) is 0 Å². The molecule has 0 saturated heterocycles. The van der Waals surface area contributed by atoms with E-state index in [1.54, 1.807) is 0 Å². The molecule has 2 atom stereocenters. The molecule has 0 bridgehead atoms. The predicted octanol–water partition coefficient (Wildman–Crippen LogP) is 6.67. The highest BCUT2D eigenvalue weighted by Crippen LogP contribution is 2.15. The zero-order chi connectivity index (χ0) is 22.3. The third-order valence-corrected chi connectivity index (χ3v) is 6.05. The Morgan fingerprint density at radius 1 is 0.600 bits per heavy atom. The first kappa shape index (κ1) is 29.4. The molecular weight excluding hydrogens is 374 g/mol. The van der Waals surface area contributed by atoms with Crippen LogP contribution in [0.4, 0.5) is 0 Å². The number of hydrogen-bond acceptors (Lipinski definition) is 3. The molecule has 0 aliphatic carbocycles. The second-order valence-corrected chi connectivity index (χ2v) is 9.12. The monoisotopic (exact) mass is 427 g/mol. The minimum atomic E-state index is -0.576. The van der Waals surface area contributed by atoms with E-state index in [1.807, 2.05) is 0 Å². The van der Waals surface area contributed by atoms with Gasteiger partial charge in [-0.3, -0.25) is 4.79 Å². The molecule has 0 rings (SSSR count). The highest BCUT2D eigenvalue weighted by Gasteiger charge is 2.15. The minimum absolute atomic E-state index is 0.191. The van der Waals surface area contributed by atoms with Gasteiger partial charge in [0.2, 0.25) is 5.91 Å². The SMILES string of the molecule is CCCCCCCCNC(=O)CCCCCCCC(O)C(O)CCCCCCCC. The van der Waals surface area contributed by atoms with Gasteiger partial charge in [-0.25, -0.2) is 0 Å². The Balaban J connectivity index is 3.39. The van der Waals surface area contributed by atoms with Crippen molar-refractivity contribution in [1.29, 1.82) is 0 Å². The highest BCUT2D eigenvalue weighted by atomic mass is 16.3. The Morgan fingerprint density at radius 3 is 1.50 bits per heavy atom. The van der Waals surface area contributed by atoms with Crippen LogP contribution in [0.2, 0.25) is 0 Å². The van der Waals surface area contributed by atoms with E-state index in [1.165, 1.54) is 57.8 Å². The lowest BCUT2D eigenvalue weighted by Gasteiger charge is -2.17. The molecule has 3 N–H and O–H groups in total. The lowest BCUT2D eigenvalue weighted by atomic mass is 9.99. The van der Waals surface area contributed by atoms with Crippen LogP contribution in [0.5, 0.6) is 0 Å². The van der Waals surface area contributed by atoms with E-state index < -0.39 is 12.2 Å². The quantitative estimate of drug-likeness (QED) is 0.160. The van der Waals surface area contributed by atoms with Gasteiger partial charge >= 0.3 is 0 Å². The summed E-state index contributed by atoms with van der Waals surface area (Å²) in [5.41, 5.74) is 0. The van der Waals surface area contributed by atoms with Crippen LogP contribution in [0.15, 0.2) is 0 Å². The first-order valence-corrected chi connectivity index (χ1v) is 13.2. The first-order valence-electron chi connectivity index (χ1n) is 13.2. The Hall–Kier alpha value is -0.610. The number of amides is 1. The van der Waals surface area contributed by atoms with Crippen molar-refractivity contribution in [2.45, 2.75) is 154 Å². The molecular formula is C26H53NO3. The maximum atomic E-state index is 11.8. The fourth-order valence-corrected chi connectivity index (χ4v) is 3.91. The van der Waals surface area contributed by atoms with Crippen molar-refractivity contribution in [2.75, 3.05) is 6.54 Å². The van der Waals surface area contributed by atoms with E-state index in [0.29, 0.717) is 12.8 Å². The van der Waals surface area contributed by atoms with E-state index in [-0.39, 0.29) is 5.91 Å². The predicted molar refractivity (Wildman–Crippen MR) is 129 cm³/mol. The lowest BCUT2D eigenvalue weighted by Crippen LogP contribution is -2.25. The van der Waals surface area contributed by atoms with E-state index >= 15 is 0 Å². The van der Waals surface area contributed by atoms with Gasteiger partial charge in [0.05, 0.1) is 12.2 Å². The largest absolute Gasteiger partial charge is 0.390 e. The van der Waals surface area contributed by atoms with Gasteiger partial charge in [-0.05, 0) is 25.7 Å². The third-order valence-electron chi connectivity index (χ3n) is 6.05. The molecule has 4 nitrogen and oxygen atoms in total. The number of nitrogens with one attached hydrogen (secondary N) is 1. The maximum absolute atomic E-state index is 11.8. The fourth-order valence-electron chi connectivity index (χ4n) is 3.91. The van der Waals surface area contributed by atoms with Gasteiger partial charge in [0, 0.05) is 13.0 Å². The lowest BCUT2D eigenvalue weighted by molar-refractivity contribution is -0.121. The van der Waals surface area contributed by atoms with Crippen molar-refractivity contribution in [2.24, 2.45) is 0 Å². The van der Waals surface area contributed by atoms with Gasteiger partial charge < -0.3 is 15.5 Å². The van der Waals surface area contributed by atoms with Crippen molar-refractivity contribution < 1.29 is 15.0 Å². The van der Waals surface area contributed by atoms with Gasteiger partial charge in [0.25, 0.3) is 0 Å². The smallest absolute Gasteiger partial charge is 0.219 e. The Kier molecular flexibility index (Phi) is 22.6. The average Bonchev–Trinajstić information content (AvgIpc) is 2.74. The molecule has 1 amide bonds. The van der Waals surface area contributed by atoms with E-state index in [9.17, 15) is 15.0 Å². The molecule has 0 aromatic heterocycles. The van der Waals surface area contributed by atoms with Gasteiger partial charge in [0.1, 0.15) is 0 Å². The third kappa shape index (κ3) is 20.7.